The van der Waals surface area contributed by atoms with E-state index in [0.29, 0.717) is 18.8 Å². The predicted molar refractivity (Wildman–Crippen MR) is 87.4 cm³/mol. The summed E-state index contributed by atoms with van der Waals surface area (Å²) in [6, 6.07) is 9.99. The fraction of sp³-hybridized carbons (Fsp3) is 0.467. The molecule has 23 heavy (non-hydrogen) atoms. The Morgan fingerprint density at radius 1 is 1.35 bits per heavy atom. The number of nitrogens with zero attached hydrogens (tertiary/aromatic N) is 1. The number of rotatable bonds is 8. The van der Waals surface area contributed by atoms with Crippen molar-refractivity contribution in [1.82, 2.24) is 10.4 Å². The monoisotopic (exact) mass is 341 g/mol. The van der Waals surface area contributed by atoms with Gasteiger partial charge in [-0.15, -0.1) is 0 Å². The minimum absolute atomic E-state index is 0.0319. The van der Waals surface area contributed by atoms with Gasteiger partial charge in [0.25, 0.3) is 10.1 Å². The fourth-order valence-corrected chi connectivity index (χ4v) is 3.02. The fourth-order valence-electron chi connectivity index (χ4n) is 2.58. The van der Waals surface area contributed by atoms with Gasteiger partial charge in [-0.2, -0.15) is 8.42 Å². The molecule has 1 unspecified atom stereocenters. The molecular formula is C15H23N3O4S. The summed E-state index contributed by atoms with van der Waals surface area (Å²) < 4.78 is 27.7. The SMILES string of the molecule is CONC1=CN(Cc2ccccc2)CC1(CN)COS(C)(=O)=O. The zero-order chi connectivity index (χ0) is 16.9. The van der Waals surface area contributed by atoms with Gasteiger partial charge in [-0.25, -0.2) is 0 Å². The van der Waals surface area contributed by atoms with Crippen LogP contribution in [0.25, 0.3) is 0 Å². The van der Waals surface area contributed by atoms with Gasteiger partial charge in [-0.05, 0) is 5.56 Å². The maximum absolute atomic E-state index is 11.3. The number of nitrogens with two attached hydrogens (primary N) is 1. The van der Waals surface area contributed by atoms with E-state index in [-0.39, 0.29) is 13.2 Å². The summed E-state index contributed by atoms with van der Waals surface area (Å²) in [4.78, 5) is 7.07. The number of benzene rings is 1. The quantitative estimate of drug-likeness (QED) is 0.523. The maximum atomic E-state index is 11.3. The normalized spacial score (nSPS) is 21.3. The van der Waals surface area contributed by atoms with E-state index in [2.05, 4.69) is 10.4 Å². The van der Waals surface area contributed by atoms with Crippen LogP contribution in [0.5, 0.6) is 0 Å². The molecule has 0 saturated heterocycles. The third kappa shape index (κ3) is 4.68. The topological polar surface area (TPSA) is 93.9 Å². The van der Waals surface area contributed by atoms with Crippen molar-refractivity contribution in [2.75, 3.05) is 33.1 Å². The number of hydrogen-bond acceptors (Lipinski definition) is 7. The molecule has 0 bridgehead atoms. The van der Waals surface area contributed by atoms with Crippen molar-refractivity contribution in [3.05, 3.63) is 47.8 Å². The molecule has 0 amide bonds. The lowest BCUT2D eigenvalue weighted by Crippen LogP contribution is -2.44. The first-order valence-corrected chi connectivity index (χ1v) is 9.04. The van der Waals surface area contributed by atoms with Crippen molar-refractivity contribution in [2.45, 2.75) is 6.54 Å². The molecule has 1 aliphatic heterocycles. The highest BCUT2D eigenvalue weighted by atomic mass is 32.2. The minimum atomic E-state index is -3.54. The number of hydroxylamine groups is 1. The van der Waals surface area contributed by atoms with Gasteiger partial charge in [0.1, 0.15) is 0 Å². The Bertz CT molecular complexity index is 648. The van der Waals surface area contributed by atoms with Crippen LogP contribution in [0.1, 0.15) is 5.56 Å². The van der Waals surface area contributed by atoms with Gasteiger partial charge in [0.2, 0.25) is 0 Å². The first-order chi connectivity index (χ1) is 10.9. The van der Waals surface area contributed by atoms with Gasteiger partial charge in [0.05, 0.1) is 31.1 Å². The van der Waals surface area contributed by atoms with Gasteiger partial charge in [0, 0.05) is 25.8 Å². The molecule has 0 radical (unpaired) electrons. The van der Waals surface area contributed by atoms with E-state index in [1.807, 2.05) is 36.5 Å². The average molecular weight is 341 g/mol. The second-order valence-electron chi connectivity index (χ2n) is 5.69. The van der Waals surface area contributed by atoms with E-state index in [1.165, 1.54) is 7.11 Å². The van der Waals surface area contributed by atoms with Gasteiger partial charge in [0.15, 0.2) is 0 Å². The highest BCUT2D eigenvalue weighted by Crippen LogP contribution is 2.34. The van der Waals surface area contributed by atoms with Crippen molar-refractivity contribution in [3.8, 4) is 0 Å². The van der Waals surface area contributed by atoms with E-state index >= 15 is 0 Å². The molecule has 0 aromatic heterocycles. The Kier molecular flexibility index (Phi) is 5.64. The van der Waals surface area contributed by atoms with Crippen LogP contribution in [0, 0.1) is 5.41 Å². The minimum Gasteiger partial charge on any atom is -0.370 e. The highest BCUT2D eigenvalue weighted by molar-refractivity contribution is 7.85. The highest BCUT2D eigenvalue weighted by Gasteiger charge is 2.41. The van der Waals surface area contributed by atoms with E-state index < -0.39 is 15.5 Å². The maximum Gasteiger partial charge on any atom is 0.264 e. The lowest BCUT2D eigenvalue weighted by atomic mass is 9.87. The summed E-state index contributed by atoms with van der Waals surface area (Å²) in [6.07, 6.45) is 2.93. The zero-order valence-electron chi connectivity index (χ0n) is 13.4. The van der Waals surface area contributed by atoms with Crippen LogP contribution in [0.2, 0.25) is 0 Å². The number of hydrogen-bond donors (Lipinski definition) is 2. The molecule has 2 rings (SSSR count). The van der Waals surface area contributed by atoms with E-state index in [9.17, 15) is 8.42 Å². The van der Waals surface area contributed by atoms with Crippen LogP contribution in [0.3, 0.4) is 0 Å². The first kappa shape index (κ1) is 17.7. The smallest absolute Gasteiger partial charge is 0.264 e. The van der Waals surface area contributed by atoms with Crippen molar-refractivity contribution < 1.29 is 17.4 Å². The third-order valence-corrected chi connectivity index (χ3v) is 4.32. The van der Waals surface area contributed by atoms with E-state index in [1.54, 1.807) is 0 Å². The molecule has 0 spiro atoms. The standard InChI is InChI=1S/C15H23N3O4S/c1-21-17-14-9-18(8-13-6-4-3-5-7-13)11-15(14,10-16)12-22-23(2,19)20/h3-7,9,17H,8,10-12,16H2,1-2H3. The zero-order valence-corrected chi connectivity index (χ0v) is 14.2. The largest absolute Gasteiger partial charge is 0.370 e. The van der Waals surface area contributed by atoms with Crippen molar-refractivity contribution in [1.29, 1.82) is 0 Å². The van der Waals surface area contributed by atoms with Crippen LogP contribution in [0.15, 0.2) is 42.2 Å². The van der Waals surface area contributed by atoms with E-state index in [4.69, 9.17) is 14.8 Å². The number of nitrogens with one attached hydrogen (secondary N) is 1. The molecule has 128 valence electrons. The molecule has 3 N–H and O–H groups in total. The summed E-state index contributed by atoms with van der Waals surface area (Å²) >= 11 is 0. The Balaban J connectivity index is 2.16. The molecule has 1 aliphatic rings. The van der Waals surface area contributed by atoms with Gasteiger partial charge in [-0.3, -0.25) is 14.5 Å². The van der Waals surface area contributed by atoms with Crippen LogP contribution < -0.4 is 11.2 Å². The molecule has 0 fully saturated rings. The predicted octanol–water partition coefficient (Wildman–Crippen LogP) is 0.416. The summed E-state index contributed by atoms with van der Waals surface area (Å²) in [5, 5.41) is 0. The summed E-state index contributed by atoms with van der Waals surface area (Å²) in [6.45, 7) is 1.43. The molecule has 8 heteroatoms. The second-order valence-corrected chi connectivity index (χ2v) is 7.33. The first-order valence-electron chi connectivity index (χ1n) is 7.22. The Hall–Kier alpha value is -1.61. The second kappa shape index (κ2) is 7.31. The van der Waals surface area contributed by atoms with E-state index in [0.717, 1.165) is 11.8 Å². The van der Waals surface area contributed by atoms with Gasteiger partial charge in [-0.1, -0.05) is 30.3 Å². The lowest BCUT2D eigenvalue weighted by Gasteiger charge is -2.30. The van der Waals surface area contributed by atoms with Crippen LogP contribution in [0.4, 0.5) is 0 Å². The summed E-state index contributed by atoms with van der Waals surface area (Å²) in [5.74, 6) is 0. The molecule has 7 nitrogen and oxygen atoms in total. The molecule has 0 aliphatic carbocycles. The van der Waals surface area contributed by atoms with Crippen molar-refractivity contribution in [2.24, 2.45) is 11.1 Å². The molecular weight excluding hydrogens is 318 g/mol. The summed E-state index contributed by atoms with van der Waals surface area (Å²) in [5.41, 5.74) is 9.94. The molecule has 1 aromatic carbocycles. The van der Waals surface area contributed by atoms with Crippen molar-refractivity contribution in [3.63, 3.8) is 0 Å². The Morgan fingerprint density at radius 3 is 2.61 bits per heavy atom. The van der Waals surface area contributed by atoms with Gasteiger partial charge >= 0.3 is 0 Å². The Labute approximate surface area is 137 Å². The third-order valence-electron chi connectivity index (χ3n) is 3.77. The van der Waals surface area contributed by atoms with Crippen LogP contribution in [-0.2, 0) is 25.7 Å². The molecule has 1 aromatic rings. The Morgan fingerprint density at radius 2 is 2.04 bits per heavy atom. The van der Waals surface area contributed by atoms with Gasteiger partial charge < -0.3 is 10.6 Å². The van der Waals surface area contributed by atoms with Crippen LogP contribution >= 0.6 is 0 Å². The molecule has 1 atom stereocenters. The molecule has 0 saturated carbocycles. The molecule has 1 heterocycles. The summed E-state index contributed by atoms with van der Waals surface area (Å²) in [7, 11) is -2.05. The average Bonchev–Trinajstić information content (AvgIpc) is 2.84. The van der Waals surface area contributed by atoms with Crippen molar-refractivity contribution >= 4 is 10.1 Å². The lowest BCUT2D eigenvalue weighted by molar-refractivity contribution is 0.0808. The van der Waals surface area contributed by atoms with Crippen LogP contribution in [-0.4, -0.2) is 46.4 Å².